The molecule has 2 aliphatic rings. The monoisotopic (exact) mass is 556 g/mol. The number of aliphatic hydroxyl groups excluding tert-OH is 1. The molecule has 1 aromatic carbocycles. The molecule has 3 atom stereocenters. The van der Waals surface area contributed by atoms with E-state index in [-0.39, 0.29) is 36.6 Å². The van der Waals surface area contributed by atoms with Crippen molar-refractivity contribution in [1.29, 1.82) is 0 Å². The summed E-state index contributed by atoms with van der Waals surface area (Å²) < 4.78 is 8.10. The van der Waals surface area contributed by atoms with E-state index in [0.717, 1.165) is 43.2 Å². The Balaban J connectivity index is 1.41. The van der Waals surface area contributed by atoms with Crippen LogP contribution >= 0.6 is 0 Å². The zero-order valence-corrected chi connectivity index (χ0v) is 24.2. The summed E-state index contributed by atoms with van der Waals surface area (Å²) in [6.07, 6.45) is 2.30. The van der Waals surface area contributed by atoms with Gasteiger partial charge in [-0.1, -0.05) is 12.1 Å². The van der Waals surface area contributed by atoms with Gasteiger partial charge in [-0.05, 0) is 44.7 Å². The summed E-state index contributed by atoms with van der Waals surface area (Å²) in [5.74, 6) is -0.111. The molecule has 1 aromatic heterocycles. The van der Waals surface area contributed by atoms with Crippen LogP contribution in [-0.4, -0.2) is 119 Å². The third-order valence-corrected chi connectivity index (χ3v) is 7.93. The Kier molecular flexibility index (Phi) is 10.3. The molecular formula is C28H44N8O4. The number of rotatable bonds is 6. The number of nitrogens with one attached hydrogen (secondary N) is 1. The van der Waals surface area contributed by atoms with Crippen LogP contribution in [0.1, 0.15) is 32.4 Å². The number of aromatic nitrogens is 3. The van der Waals surface area contributed by atoms with Crippen LogP contribution in [0.4, 0.5) is 16.2 Å². The summed E-state index contributed by atoms with van der Waals surface area (Å²) in [6.45, 7) is 9.39. The highest BCUT2D eigenvalue weighted by molar-refractivity contribution is 5.89. The van der Waals surface area contributed by atoms with Crippen molar-refractivity contribution >= 4 is 23.3 Å². The number of benzene rings is 1. The molecule has 12 nitrogen and oxygen atoms in total. The minimum atomic E-state index is -0.362. The number of hydrogen-bond acceptors (Lipinski definition) is 8. The van der Waals surface area contributed by atoms with Crippen molar-refractivity contribution in [1.82, 2.24) is 29.7 Å². The minimum Gasteiger partial charge on any atom is -0.394 e. The molecule has 2 aliphatic heterocycles. The number of likely N-dealkylation sites (N-methyl/N-ethyl adjacent to an activating group) is 2. The number of anilines is 2. The van der Waals surface area contributed by atoms with Gasteiger partial charge in [0.2, 0.25) is 5.91 Å². The van der Waals surface area contributed by atoms with E-state index in [2.05, 4.69) is 32.5 Å². The van der Waals surface area contributed by atoms with E-state index in [4.69, 9.17) is 4.74 Å². The Morgan fingerprint density at radius 3 is 2.62 bits per heavy atom. The first-order chi connectivity index (χ1) is 19.2. The van der Waals surface area contributed by atoms with E-state index in [1.807, 2.05) is 38.1 Å². The van der Waals surface area contributed by atoms with Crippen molar-refractivity contribution in [2.24, 2.45) is 5.92 Å². The van der Waals surface area contributed by atoms with Crippen LogP contribution in [0.25, 0.3) is 0 Å². The van der Waals surface area contributed by atoms with Crippen molar-refractivity contribution in [2.75, 3.05) is 70.2 Å². The molecular weight excluding hydrogens is 512 g/mol. The molecule has 0 unspecified atom stereocenters. The molecule has 220 valence electrons. The van der Waals surface area contributed by atoms with Crippen LogP contribution in [0, 0.1) is 5.92 Å². The number of carbonyl (C=O) groups excluding carboxylic acids is 2. The number of hydrogen-bond donors (Lipinski definition) is 2. The van der Waals surface area contributed by atoms with Crippen molar-refractivity contribution in [2.45, 2.75) is 52.0 Å². The molecule has 0 aliphatic carbocycles. The molecule has 2 N–H and O–H groups in total. The van der Waals surface area contributed by atoms with Crippen molar-refractivity contribution in [3.8, 4) is 0 Å². The standard InChI is InChI=1S/C28H44N8O4/c1-21-17-35(22(2)19-37)27(38)6-5-11-36-25(16-29-31-36)20-40-26(21)18-33(4)28(39)30-23-7-9-24(10-8-23)34-14-12-32(3)13-15-34/h7-10,16,21-22,26,37H,5-6,11-15,17-20H2,1-4H3,(H,30,39)/t21-,22+,26+/m1/s1. The van der Waals surface area contributed by atoms with Crippen LogP contribution in [0.2, 0.25) is 0 Å². The van der Waals surface area contributed by atoms with Gasteiger partial charge in [-0.3, -0.25) is 4.79 Å². The van der Waals surface area contributed by atoms with Gasteiger partial charge in [0, 0.05) is 76.6 Å². The summed E-state index contributed by atoms with van der Waals surface area (Å²) in [5, 5.41) is 20.9. The van der Waals surface area contributed by atoms with E-state index in [1.165, 1.54) is 0 Å². The normalized spacial score (nSPS) is 22.2. The second kappa shape index (κ2) is 13.9. The Morgan fingerprint density at radius 1 is 1.20 bits per heavy atom. The summed E-state index contributed by atoms with van der Waals surface area (Å²) in [4.78, 5) is 34.2. The average molecular weight is 557 g/mol. The lowest BCUT2D eigenvalue weighted by atomic mass is 10.0. The maximum absolute atomic E-state index is 13.1. The SMILES string of the molecule is C[C@@H]1CN([C@@H](C)CO)C(=O)CCCn2nncc2CO[C@H]1CN(C)C(=O)Nc1ccc(N2CCN(C)CC2)cc1. The lowest BCUT2D eigenvalue weighted by Gasteiger charge is -2.35. The number of amides is 3. The number of carbonyl (C=O) groups is 2. The lowest BCUT2D eigenvalue weighted by molar-refractivity contribution is -0.136. The Bertz CT molecular complexity index is 1100. The van der Waals surface area contributed by atoms with Gasteiger partial charge in [0.05, 0.1) is 37.3 Å². The molecule has 2 aromatic rings. The molecule has 1 fully saturated rings. The van der Waals surface area contributed by atoms with E-state index in [1.54, 1.807) is 27.7 Å². The van der Waals surface area contributed by atoms with Gasteiger partial charge in [0.1, 0.15) is 0 Å². The minimum absolute atomic E-state index is 0.0134. The van der Waals surface area contributed by atoms with Gasteiger partial charge in [-0.15, -0.1) is 5.10 Å². The zero-order chi connectivity index (χ0) is 28.6. The molecule has 0 bridgehead atoms. The maximum Gasteiger partial charge on any atom is 0.321 e. The number of aryl methyl sites for hydroxylation is 1. The second-order valence-electron chi connectivity index (χ2n) is 11.1. The first-order valence-electron chi connectivity index (χ1n) is 14.2. The van der Waals surface area contributed by atoms with Crippen LogP contribution in [0.3, 0.4) is 0 Å². The smallest absolute Gasteiger partial charge is 0.321 e. The topological polar surface area (TPSA) is 119 Å². The Labute approximate surface area is 236 Å². The number of fused-ring (bicyclic) bond motifs is 1. The molecule has 0 spiro atoms. The third-order valence-electron chi connectivity index (χ3n) is 7.93. The summed E-state index contributed by atoms with van der Waals surface area (Å²) in [7, 11) is 3.88. The molecule has 1 saturated heterocycles. The fourth-order valence-electron chi connectivity index (χ4n) is 5.14. The van der Waals surface area contributed by atoms with Crippen molar-refractivity contribution in [3.63, 3.8) is 0 Å². The molecule has 3 amide bonds. The fraction of sp³-hybridized carbons (Fsp3) is 0.643. The summed E-state index contributed by atoms with van der Waals surface area (Å²) in [6, 6.07) is 7.41. The second-order valence-corrected chi connectivity index (χ2v) is 11.1. The first-order valence-corrected chi connectivity index (χ1v) is 14.2. The van der Waals surface area contributed by atoms with Crippen LogP contribution in [-0.2, 0) is 22.7 Å². The van der Waals surface area contributed by atoms with Gasteiger partial charge in [-0.2, -0.15) is 0 Å². The van der Waals surface area contributed by atoms with E-state index in [0.29, 0.717) is 39.1 Å². The maximum atomic E-state index is 13.1. The van der Waals surface area contributed by atoms with Crippen LogP contribution in [0.15, 0.2) is 30.5 Å². The van der Waals surface area contributed by atoms with Crippen molar-refractivity contribution in [3.05, 3.63) is 36.2 Å². The molecule has 3 heterocycles. The number of nitrogens with zero attached hydrogens (tertiary/aromatic N) is 7. The highest BCUT2D eigenvalue weighted by atomic mass is 16.5. The lowest BCUT2D eigenvalue weighted by Crippen LogP contribution is -2.48. The first kappa shape index (κ1) is 29.8. The van der Waals surface area contributed by atoms with Gasteiger partial charge in [0.25, 0.3) is 0 Å². The number of piperazine rings is 1. The zero-order valence-electron chi connectivity index (χ0n) is 24.2. The number of urea groups is 1. The van der Waals surface area contributed by atoms with Crippen molar-refractivity contribution < 1.29 is 19.4 Å². The highest BCUT2D eigenvalue weighted by Crippen LogP contribution is 2.21. The molecule has 40 heavy (non-hydrogen) atoms. The number of ether oxygens (including phenoxy) is 1. The van der Waals surface area contributed by atoms with E-state index < -0.39 is 0 Å². The van der Waals surface area contributed by atoms with Crippen LogP contribution in [0.5, 0.6) is 0 Å². The van der Waals surface area contributed by atoms with Gasteiger partial charge < -0.3 is 34.8 Å². The third kappa shape index (κ3) is 7.70. The molecule has 0 saturated carbocycles. The van der Waals surface area contributed by atoms with Gasteiger partial charge >= 0.3 is 6.03 Å². The Morgan fingerprint density at radius 2 is 1.93 bits per heavy atom. The predicted octanol–water partition coefficient (Wildman–Crippen LogP) is 1.72. The van der Waals surface area contributed by atoms with E-state index in [9.17, 15) is 14.7 Å². The van der Waals surface area contributed by atoms with Crippen LogP contribution < -0.4 is 10.2 Å². The van der Waals surface area contributed by atoms with E-state index >= 15 is 0 Å². The van der Waals surface area contributed by atoms with Gasteiger partial charge in [-0.25, -0.2) is 9.48 Å². The molecule has 4 rings (SSSR count). The molecule has 0 radical (unpaired) electrons. The van der Waals surface area contributed by atoms with Gasteiger partial charge in [0.15, 0.2) is 0 Å². The summed E-state index contributed by atoms with van der Waals surface area (Å²) in [5.41, 5.74) is 2.71. The molecule has 12 heteroatoms. The fourth-order valence-corrected chi connectivity index (χ4v) is 5.14. The number of aliphatic hydroxyl groups is 1. The quantitative estimate of drug-likeness (QED) is 0.552. The highest BCUT2D eigenvalue weighted by Gasteiger charge is 2.29. The average Bonchev–Trinajstić information content (AvgIpc) is 3.40. The Hall–Kier alpha value is -3.22. The largest absolute Gasteiger partial charge is 0.394 e. The summed E-state index contributed by atoms with van der Waals surface area (Å²) >= 11 is 0. The predicted molar refractivity (Wildman–Crippen MR) is 153 cm³/mol.